The molecule has 7 N–H and O–H groups in total. The molecule has 17 nitrogen and oxygen atoms in total. The highest BCUT2D eigenvalue weighted by Crippen LogP contribution is 2.40. The molecule has 0 radical (unpaired) electrons. The lowest BCUT2D eigenvalue weighted by Crippen LogP contribution is -2.59. The summed E-state index contributed by atoms with van der Waals surface area (Å²) in [5, 5.41) is 28.5. The third kappa shape index (κ3) is 14.6. The van der Waals surface area contributed by atoms with Crippen molar-refractivity contribution in [3.63, 3.8) is 0 Å². The van der Waals surface area contributed by atoms with E-state index in [2.05, 4.69) is 25.9 Å². The van der Waals surface area contributed by atoms with Crippen molar-refractivity contribution in [2.45, 2.75) is 117 Å². The first-order valence-electron chi connectivity index (χ1n) is 21.9. The number of hydrogen-bond acceptors (Lipinski definition) is 9. The van der Waals surface area contributed by atoms with Gasteiger partial charge in [0.15, 0.2) is 0 Å². The molecule has 0 spiro atoms. The number of nitrogens with one attached hydrogen (secondary N) is 3. The molecule has 2 aromatic heterocycles. The van der Waals surface area contributed by atoms with E-state index in [0.717, 1.165) is 16.8 Å². The van der Waals surface area contributed by atoms with E-state index in [-0.39, 0.29) is 38.9 Å². The molecule has 5 rings (SSSR count). The van der Waals surface area contributed by atoms with Crippen molar-refractivity contribution in [1.82, 2.24) is 35.7 Å². The number of phosphoric ester groups is 1. The zero-order chi connectivity index (χ0) is 48.6. The minimum Gasteiger partial charge on any atom is -0.465 e. The first-order valence-corrected chi connectivity index (χ1v) is 23.4. The highest BCUT2D eigenvalue weighted by Gasteiger charge is 2.45. The van der Waals surface area contributed by atoms with E-state index in [1.165, 1.54) is 4.90 Å². The molecule has 1 aliphatic rings. The number of amides is 5. The highest BCUT2D eigenvalue weighted by atomic mass is 31.2. The molecule has 5 amide bonds. The highest BCUT2D eigenvalue weighted by molar-refractivity contribution is 7.46. The number of urea groups is 1. The molecule has 3 heterocycles. The van der Waals surface area contributed by atoms with Gasteiger partial charge in [-0.25, -0.2) is 14.2 Å². The lowest BCUT2D eigenvalue weighted by atomic mass is 9.84. The number of pyridine rings is 2. The largest absolute Gasteiger partial charge is 0.469 e. The molecule has 0 saturated carbocycles. The Bertz CT molecular complexity index is 2330. The average Bonchev–Trinajstić information content (AvgIpc) is 3.56. The van der Waals surface area contributed by atoms with Gasteiger partial charge >= 0.3 is 19.9 Å². The number of phosphoric acid groups is 1. The number of aliphatic hydroxyl groups is 1. The minimum atomic E-state index is -5.30. The number of rotatable bonds is 19. The fourth-order valence-electron chi connectivity index (χ4n) is 8.14. The van der Waals surface area contributed by atoms with Crippen molar-refractivity contribution in [1.29, 1.82) is 0 Å². The van der Waals surface area contributed by atoms with E-state index in [0.29, 0.717) is 17.0 Å². The zero-order valence-corrected chi connectivity index (χ0v) is 39.7. The molecule has 1 aliphatic heterocycles. The van der Waals surface area contributed by atoms with Crippen LogP contribution >= 0.6 is 7.82 Å². The van der Waals surface area contributed by atoms with Gasteiger partial charge in [0.2, 0.25) is 11.8 Å². The Labute approximate surface area is 386 Å². The predicted molar refractivity (Wildman–Crippen MR) is 249 cm³/mol. The van der Waals surface area contributed by atoms with Gasteiger partial charge in [-0.3, -0.25) is 24.1 Å². The summed E-state index contributed by atoms with van der Waals surface area (Å²) < 4.78 is 18.5. The molecule has 356 valence electrons. The van der Waals surface area contributed by atoms with Crippen molar-refractivity contribution in [2.24, 2.45) is 10.8 Å². The summed E-state index contributed by atoms with van der Waals surface area (Å²) in [6, 6.07) is 22.4. The number of carbonyl (C=O) groups excluding carboxylic acids is 3. The summed E-state index contributed by atoms with van der Waals surface area (Å²) in [6.45, 7) is 14.4. The van der Waals surface area contributed by atoms with E-state index < -0.39 is 78.5 Å². The quantitative estimate of drug-likeness (QED) is 0.0534. The molecule has 1 saturated heterocycles. The van der Waals surface area contributed by atoms with E-state index in [9.17, 15) is 43.7 Å². The predicted octanol–water partition coefficient (Wildman–Crippen LogP) is 6.03. The Hall–Kier alpha value is -5.71. The number of aromatic nitrogens is 2. The van der Waals surface area contributed by atoms with Crippen LogP contribution in [0, 0.1) is 10.8 Å². The summed E-state index contributed by atoms with van der Waals surface area (Å²) in [7, 11) is -5.30. The second-order valence-corrected chi connectivity index (χ2v) is 20.7. The van der Waals surface area contributed by atoms with Gasteiger partial charge in [-0.15, -0.1) is 0 Å². The van der Waals surface area contributed by atoms with Crippen molar-refractivity contribution in [3.8, 4) is 11.3 Å². The van der Waals surface area contributed by atoms with Gasteiger partial charge < -0.3 is 45.8 Å². The molecular weight excluding hydrogens is 866 g/mol. The summed E-state index contributed by atoms with van der Waals surface area (Å²) in [6.07, 6.45) is -1.30. The van der Waals surface area contributed by atoms with Crippen molar-refractivity contribution in [3.05, 3.63) is 120 Å². The molecule has 0 unspecified atom stereocenters. The lowest BCUT2D eigenvalue weighted by Gasteiger charge is -2.39. The summed E-state index contributed by atoms with van der Waals surface area (Å²) in [5.41, 5.74) is 1.06. The van der Waals surface area contributed by atoms with Crippen LogP contribution in [-0.2, 0) is 43.7 Å². The Kier molecular flexibility index (Phi) is 16.5. The molecule has 0 bridgehead atoms. The second-order valence-electron chi connectivity index (χ2n) is 19.5. The third-order valence-electron chi connectivity index (χ3n) is 11.3. The topological polar surface area (TPSA) is 244 Å². The van der Waals surface area contributed by atoms with Crippen LogP contribution in [0.1, 0.15) is 84.3 Å². The third-order valence-corrected chi connectivity index (χ3v) is 11.8. The Morgan fingerprint density at radius 2 is 1.42 bits per heavy atom. The number of benzene rings is 2. The van der Waals surface area contributed by atoms with Crippen LogP contribution in [0.15, 0.2) is 97.2 Å². The maximum Gasteiger partial charge on any atom is 0.469 e. The van der Waals surface area contributed by atoms with Crippen LogP contribution in [-0.4, -0.2) is 107 Å². The number of carboxylic acid groups (broad SMARTS) is 1. The maximum atomic E-state index is 14.9. The van der Waals surface area contributed by atoms with Crippen LogP contribution in [0.5, 0.6) is 0 Å². The van der Waals surface area contributed by atoms with Crippen LogP contribution in [0.2, 0.25) is 0 Å². The fraction of sp³-hybridized carbons (Fsp3) is 0.458. The van der Waals surface area contributed by atoms with Crippen LogP contribution in [0.4, 0.5) is 9.59 Å². The Morgan fingerprint density at radius 1 is 0.773 bits per heavy atom. The van der Waals surface area contributed by atoms with Gasteiger partial charge in [0.1, 0.15) is 17.7 Å². The fourth-order valence-corrected chi connectivity index (χ4v) is 8.73. The van der Waals surface area contributed by atoms with Crippen LogP contribution < -0.4 is 16.0 Å². The summed E-state index contributed by atoms with van der Waals surface area (Å²) >= 11 is 0. The van der Waals surface area contributed by atoms with Crippen molar-refractivity contribution < 1.29 is 48.3 Å². The average molecular weight is 930 g/mol. The van der Waals surface area contributed by atoms with E-state index in [1.807, 2.05) is 63.2 Å². The normalized spacial score (nSPS) is 16.0. The number of carbonyl (C=O) groups is 4. The van der Waals surface area contributed by atoms with Gasteiger partial charge in [0, 0.05) is 30.9 Å². The number of hydrogen-bond donors (Lipinski definition) is 7. The first-order chi connectivity index (χ1) is 30.8. The van der Waals surface area contributed by atoms with Crippen LogP contribution in [0.25, 0.3) is 11.3 Å². The lowest BCUT2D eigenvalue weighted by molar-refractivity contribution is -0.130. The molecule has 4 aromatic rings. The smallest absolute Gasteiger partial charge is 0.465 e. The van der Waals surface area contributed by atoms with Gasteiger partial charge in [-0.2, -0.15) is 0 Å². The molecule has 18 heteroatoms. The monoisotopic (exact) mass is 929 g/mol. The standard InChI is InChI=1S/C48H64N7O10P/c1-46(2,3)40(53-44(58)59)42(56)51-35(27-32-20-22-33(23-21-32)36-18-12-13-24-49-36)29-38(65-66(62,63)64)37(28-31-15-10-9-11-16-31)52-43(57)41(47(4,5)6)55-26-25-54(45(55)60)30-34-17-14-19-39(50-34)48(7,8)61/h9-24,35,37-38,40-41,53,61H,25-30H2,1-8H3,(H,51,56)(H,52,57)(H,58,59)(H2,62,63,64)/t35-,37+,38+,40-,41-/m1/s1. The molecule has 2 aromatic carbocycles. The van der Waals surface area contributed by atoms with Gasteiger partial charge in [0.25, 0.3) is 0 Å². The van der Waals surface area contributed by atoms with Gasteiger partial charge in [0.05, 0.1) is 35.8 Å². The molecule has 66 heavy (non-hydrogen) atoms. The Balaban J connectivity index is 1.50. The van der Waals surface area contributed by atoms with E-state index in [4.69, 9.17) is 4.52 Å². The first kappa shape index (κ1) is 51.3. The maximum absolute atomic E-state index is 14.9. The van der Waals surface area contributed by atoms with Crippen molar-refractivity contribution in [2.75, 3.05) is 13.1 Å². The zero-order valence-electron chi connectivity index (χ0n) is 38.8. The molecular formula is C48H64N7O10P. The van der Waals surface area contributed by atoms with Crippen LogP contribution in [0.3, 0.4) is 0 Å². The SMILES string of the molecule is CC(C)(O)c1cccc(CN2CCN([C@H](C(=O)N[C@@H](Cc3ccccc3)[C@H](C[C@@H](Cc3ccc(-c4ccccn4)cc3)NC(=O)[C@@H](NC(=O)O)C(C)(C)C)OP(=O)(O)O)C(C)(C)C)C2=O)n1. The van der Waals surface area contributed by atoms with Gasteiger partial charge in [-0.1, -0.05) is 108 Å². The minimum absolute atomic E-state index is 0.0298. The summed E-state index contributed by atoms with van der Waals surface area (Å²) in [4.78, 5) is 87.9. The van der Waals surface area contributed by atoms with E-state index >= 15 is 0 Å². The number of nitrogens with zero attached hydrogens (tertiary/aromatic N) is 4. The Morgan fingerprint density at radius 3 is 2.00 bits per heavy atom. The van der Waals surface area contributed by atoms with Crippen molar-refractivity contribution >= 4 is 31.8 Å². The second kappa shape index (κ2) is 21.3. The molecule has 0 aliphatic carbocycles. The molecule has 5 atom stereocenters. The summed E-state index contributed by atoms with van der Waals surface area (Å²) in [5.74, 6) is -1.27. The molecule has 1 fully saturated rings. The van der Waals surface area contributed by atoms with Gasteiger partial charge in [-0.05, 0) is 79.3 Å². The van der Waals surface area contributed by atoms with E-state index in [1.54, 1.807) is 94.2 Å².